The number of benzene rings is 1. The minimum Gasteiger partial charge on any atom is -0.497 e. The van der Waals surface area contributed by atoms with E-state index in [4.69, 9.17) is 20.6 Å². The van der Waals surface area contributed by atoms with Gasteiger partial charge in [0, 0.05) is 17.4 Å². The van der Waals surface area contributed by atoms with Crippen molar-refractivity contribution in [3.63, 3.8) is 0 Å². The summed E-state index contributed by atoms with van der Waals surface area (Å²) >= 11 is 1.82. The Balaban J connectivity index is 2.70. The Bertz CT molecular complexity index is 383. The van der Waals surface area contributed by atoms with Gasteiger partial charge in [0.15, 0.2) is 0 Å². The zero-order valence-electron chi connectivity index (χ0n) is 10.2. The van der Waals surface area contributed by atoms with Gasteiger partial charge in [0.2, 0.25) is 0 Å². The van der Waals surface area contributed by atoms with Crippen molar-refractivity contribution in [3.8, 4) is 11.5 Å². The van der Waals surface area contributed by atoms with Crippen LogP contribution in [0.25, 0.3) is 0 Å². The molecule has 0 unspecified atom stereocenters. The summed E-state index contributed by atoms with van der Waals surface area (Å²) < 4.78 is 10.7. The Morgan fingerprint density at radius 1 is 1.35 bits per heavy atom. The van der Waals surface area contributed by atoms with Crippen LogP contribution in [0.4, 0.5) is 0 Å². The van der Waals surface area contributed by atoms with Crippen molar-refractivity contribution in [2.24, 2.45) is 5.73 Å². The van der Waals surface area contributed by atoms with Crippen molar-refractivity contribution >= 4 is 17.6 Å². The lowest BCUT2D eigenvalue weighted by atomic mass is 10.2. The maximum absolute atomic E-state index is 7.41. The molecule has 0 spiro atoms. The van der Waals surface area contributed by atoms with Gasteiger partial charge < -0.3 is 15.2 Å². The van der Waals surface area contributed by atoms with Gasteiger partial charge in [-0.2, -0.15) is 11.8 Å². The van der Waals surface area contributed by atoms with Crippen molar-refractivity contribution in [1.29, 1.82) is 5.41 Å². The molecule has 5 heteroatoms. The van der Waals surface area contributed by atoms with Gasteiger partial charge in [-0.15, -0.1) is 0 Å². The summed E-state index contributed by atoms with van der Waals surface area (Å²) in [5, 5.41) is 7.41. The van der Waals surface area contributed by atoms with E-state index in [9.17, 15) is 0 Å². The molecule has 0 radical (unpaired) electrons. The van der Waals surface area contributed by atoms with Gasteiger partial charge >= 0.3 is 0 Å². The van der Waals surface area contributed by atoms with Gasteiger partial charge in [0.05, 0.1) is 13.7 Å². The number of amidine groups is 1. The standard InChI is InChI=1S/C12H18N2O2S/c1-3-17-5-4-16-11-7-9(12(13)14)6-10(8-11)15-2/h6-8H,3-5H2,1-2H3,(H3,13,14). The Labute approximate surface area is 106 Å². The summed E-state index contributed by atoms with van der Waals surface area (Å²) in [6.07, 6.45) is 0. The molecular formula is C12H18N2O2S. The molecule has 0 saturated heterocycles. The maximum atomic E-state index is 7.41. The van der Waals surface area contributed by atoms with Crippen molar-refractivity contribution < 1.29 is 9.47 Å². The zero-order valence-corrected chi connectivity index (χ0v) is 11.0. The van der Waals surface area contributed by atoms with Crippen LogP contribution in [0.2, 0.25) is 0 Å². The smallest absolute Gasteiger partial charge is 0.123 e. The largest absolute Gasteiger partial charge is 0.497 e. The quantitative estimate of drug-likeness (QED) is 0.444. The number of hydrogen-bond donors (Lipinski definition) is 2. The molecule has 3 N–H and O–H groups in total. The highest BCUT2D eigenvalue weighted by Gasteiger charge is 2.04. The number of ether oxygens (including phenoxy) is 2. The molecule has 0 aliphatic rings. The van der Waals surface area contributed by atoms with Crippen LogP contribution in [0, 0.1) is 5.41 Å². The van der Waals surface area contributed by atoms with Crippen LogP contribution in [0.3, 0.4) is 0 Å². The molecule has 0 heterocycles. The first-order chi connectivity index (χ1) is 8.17. The Morgan fingerprint density at radius 2 is 2.06 bits per heavy atom. The number of methoxy groups -OCH3 is 1. The van der Waals surface area contributed by atoms with Gasteiger partial charge in [0.1, 0.15) is 17.3 Å². The van der Waals surface area contributed by atoms with E-state index in [0.29, 0.717) is 23.7 Å². The second-order valence-electron chi connectivity index (χ2n) is 3.36. The molecule has 0 saturated carbocycles. The van der Waals surface area contributed by atoms with E-state index >= 15 is 0 Å². The summed E-state index contributed by atoms with van der Waals surface area (Å²) in [5.74, 6) is 3.38. The lowest BCUT2D eigenvalue weighted by Gasteiger charge is -2.09. The number of thioether (sulfide) groups is 1. The Hall–Kier alpha value is -1.36. The first-order valence-corrected chi connectivity index (χ1v) is 6.57. The molecule has 0 fully saturated rings. The normalized spacial score (nSPS) is 10.0. The van der Waals surface area contributed by atoms with E-state index in [1.54, 1.807) is 25.3 Å². The molecule has 0 aliphatic carbocycles. The highest BCUT2D eigenvalue weighted by atomic mass is 32.2. The number of nitrogen functional groups attached to an aromatic ring is 1. The minimum absolute atomic E-state index is 0.0108. The third kappa shape index (κ3) is 4.56. The summed E-state index contributed by atoms with van der Waals surface area (Å²) in [4.78, 5) is 0. The molecule has 0 aromatic heterocycles. The maximum Gasteiger partial charge on any atom is 0.123 e. The monoisotopic (exact) mass is 254 g/mol. The fourth-order valence-electron chi connectivity index (χ4n) is 1.29. The van der Waals surface area contributed by atoms with E-state index in [1.807, 2.05) is 11.8 Å². The third-order valence-corrected chi connectivity index (χ3v) is 2.99. The van der Waals surface area contributed by atoms with Crippen LogP contribution < -0.4 is 15.2 Å². The molecule has 1 aromatic rings. The summed E-state index contributed by atoms with van der Waals surface area (Å²) in [6.45, 7) is 2.76. The van der Waals surface area contributed by atoms with E-state index in [1.165, 1.54) is 0 Å². The van der Waals surface area contributed by atoms with Crippen LogP contribution in [-0.4, -0.2) is 31.1 Å². The summed E-state index contributed by atoms with van der Waals surface area (Å²) in [6, 6.07) is 5.26. The number of nitrogens with one attached hydrogen (secondary N) is 1. The highest BCUT2D eigenvalue weighted by molar-refractivity contribution is 7.99. The first-order valence-electron chi connectivity index (χ1n) is 5.41. The molecule has 0 bridgehead atoms. The lowest BCUT2D eigenvalue weighted by Crippen LogP contribution is -2.11. The zero-order chi connectivity index (χ0) is 12.7. The van der Waals surface area contributed by atoms with Crippen molar-refractivity contribution in [2.75, 3.05) is 25.2 Å². The molecule has 1 aromatic carbocycles. The number of hydrogen-bond acceptors (Lipinski definition) is 4. The fraction of sp³-hybridized carbons (Fsp3) is 0.417. The van der Waals surface area contributed by atoms with E-state index in [-0.39, 0.29) is 5.84 Å². The van der Waals surface area contributed by atoms with Crippen molar-refractivity contribution in [1.82, 2.24) is 0 Å². The summed E-state index contributed by atoms with van der Waals surface area (Å²) in [5.41, 5.74) is 6.06. The molecule has 1 rings (SSSR count). The third-order valence-electron chi connectivity index (χ3n) is 2.13. The predicted molar refractivity (Wildman–Crippen MR) is 72.5 cm³/mol. The van der Waals surface area contributed by atoms with Crippen LogP contribution in [0.1, 0.15) is 12.5 Å². The van der Waals surface area contributed by atoms with Crippen LogP contribution >= 0.6 is 11.8 Å². The van der Waals surface area contributed by atoms with Crippen LogP contribution in [0.5, 0.6) is 11.5 Å². The Morgan fingerprint density at radius 3 is 2.65 bits per heavy atom. The fourth-order valence-corrected chi connectivity index (χ4v) is 1.78. The molecule has 4 nitrogen and oxygen atoms in total. The first kappa shape index (κ1) is 13.7. The molecule has 0 aliphatic heterocycles. The highest BCUT2D eigenvalue weighted by Crippen LogP contribution is 2.22. The lowest BCUT2D eigenvalue weighted by molar-refractivity contribution is 0.339. The summed E-state index contributed by atoms with van der Waals surface area (Å²) in [7, 11) is 1.58. The molecule has 0 amide bonds. The van der Waals surface area contributed by atoms with Gasteiger partial charge in [-0.3, -0.25) is 5.41 Å². The Kier molecular flexibility index (Phi) is 5.69. The molecule has 17 heavy (non-hydrogen) atoms. The van der Waals surface area contributed by atoms with Crippen LogP contribution in [0.15, 0.2) is 18.2 Å². The SMILES string of the molecule is CCSCCOc1cc(OC)cc(C(=N)N)c1. The van der Waals surface area contributed by atoms with E-state index < -0.39 is 0 Å². The molecular weight excluding hydrogens is 236 g/mol. The average molecular weight is 254 g/mol. The minimum atomic E-state index is 0.0108. The second-order valence-corrected chi connectivity index (χ2v) is 4.75. The topological polar surface area (TPSA) is 68.3 Å². The van der Waals surface area contributed by atoms with Crippen molar-refractivity contribution in [2.45, 2.75) is 6.92 Å². The number of rotatable bonds is 7. The predicted octanol–water partition coefficient (Wildman–Crippen LogP) is 2.11. The second kappa shape index (κ2) is 7.06. The van der Waals surface area contributed by atoms with Gasteiger partial charge in [-0.25, -0.2) is 0 Å². The molecule has 94 valence electrons. The van der Waals surface area contributed by atoms with Gasteiger partial charge in [0.25, 0.3) is 0 Å². The van der Waals surface area contributed by atoms with E-state index in [2.05, 4.69) is 6.92 Å². The number of nitrogens with two attached hydrogens (primary N) is 1. The average Bonchev–Trinajstić information content (AvgIpc) is 2.34. The van der Waals surface area contributed by atoms with E-state index in [0.717, 1.165) is 11.5 Å². The van der Waals surface area contributed by atoms with Gasteiger partial charge in [-0.05, 0) is 17.9 Å². The van der Waals surface area contributed by atoms with Crippen molar-refractivity contribution in [3.05, 3.63) is 23.8 Å². The van der Waals surface area contributed by atoms with Crippen LogP contribution in [-0.2, 0) is 0 Å². The molecule has 0 atom stereocenters. The van der Waals surface area contributed by atoms with Gasteiger partial charge in [-0.1, -0.05) is 6.92 Å².